The van der Waals surface area contributed by atoms with Crippen molar-refractivity contribution < 1.29 is 4.79 Å². The zero-order valence-corrected chi connectivity index (χ0v) is 9.00. The van der Waals surface area contributed by atoms with Crippen molar-refractivity contribution in [2.75, 3.05) is 27.2 Å². The number of carbonyl (C=O) groups excluding carboxylic acids is 1. The Balaban J connectivity index is 3.90. The molecule has 0 saturated carbocycles. The van der Waals surface area contributed by atoms with Gasteiger partial charge in [0.05, 0.1) is 0 Å². The van der Waals surface area contributed by atoms with Crippen molar-refractivity contribution in [2.24, 2.45) is 11.7 Å². The van der Waals surface area contributed by atoms with Crippen molar-refractivity contribution in [2.45, 2.75) is 19.9 Å². The quantitative estimate of drug-likeness (QED) is 0.618. The molecule has 0 radical (unpaired) electrons. The Morgan fingerprint density at radius 1 is 1.54 bits per heavy atom. The van der Waals surface area contributed by atoms with Gasteiger partial charge >= 0.3 is 0 Å². The predicted octanol–water partition coefficient (Wildman–Crippen LogP) is -0.352. The molecule has 0 spiro atoms. The summed E-state index contributed by atoms with van der Waals surface area (Å²) in [4.78, 5) is 13.3. The molecule has 0 fully saturated rings. The van der Waals surface area contributed by atoms with Crippen LogP contribution in [0.4, 0.5) is 0 Å². The molecule has 2 unspecified atom stereocenters. The molecule has 3 N–H and O–H groups in total. The minimum absolute atomic E-state index is 0.0176. The zero-order valence-electron chi connectivity index (χ0n) is 9.00. The molecule has 1 amide bonds. The van der Waals surface area contributed by atoms with E-state index in [2.05, 4.69) is 17.1 Å². The lowest BCUT2D eigenvalue weighted by Crippen LogP contribution is -2.41. The molecule has 4 heteroatoms. The van der Waals surface area contributed by atoms with E-state index in [9.17, 15) is 4.79 Å². The summed E-state index contributed by atoms with van der Waals surface area (Å²) in [6.07, 6.45) is 0. The van der Waals surface area contributed by atoms with Gasteiger partial charge in [0.25, 0.3) is 0 Å². The first kappa shape index (κ1) is 12.4. The topological polar surface area (TPSA) is 58.4 Å². The van der Waals surface area contributed by atoms with Crippen LogP contribution in [0.25, 0.3) is 0 Å². The second-order valence-electron chi connectivity index (χ2n) is 3.54. The van der Waals surface area contributed by atoms with E-state index in [0.29, 0.717) is 12.6 Å². The van der Waals surface area contributed by atoms with E-state index >= 15 is 0 Å². The summed E-state index contributed by atoms with van der Waals surface area (Å²) >= 11 is 0. The molecule has 0 aliphatic carbocycles. The highest BCUT2D eigenvalue weighted by atomic mass is 16.1. The lowest BCUT2D eigenvalue weighted by molar-refractivity contribution is -0.124. The van der Waals surface area contributed by atoms with E-state index in [1.54, 1.807) is 7.05 Å². The molecule has 0 aliphatic heterocycles. The van der Waals surface area contributed by atoms with Gasteiger partial charge in [0.1, 0.15) is 0 Å². The van der Waals surface area contributed by atoms with Gasteiger partial charge < -0.3 is 16.0 Å². The smallest absolute Gasteiger partial charge is 0.223 e. The molecule has 78 valence electrons. The molecule has 0 saturated heterocycles. The van der Waals surface area contributed by atoms with Crippen molar-refractivity contribution in [1.82, 2.24) is 10.2 Å². The Kier molecular flexibility index (Phi) is 5.66. The fourth-order valence-electron chi connectivity index (χ4n) is 1.12. The second-order valence-corrected chi connectivity index (χ2v) is 3.54. The summed E-state index contributed by atoms with van der Waals surface area (Å²) in [5.74, 6) is 0.0973. The van der Waals surface area contributed by atoms with Gasteiger partial charge in [-0.25, -0.2) is 0 Å². The van der Waals surface area contributed by atoms with Crippen LogP contribution >= 0.6 is 0 Å². The number of nitrogens with two attached hydrogens (primary N) is 1. The average molecular weight is 187 g/mol. The molecule has 2 atom stereocenters. The number of carbonyl (C=O) groups is 1. The van der Waals surface area contributed by atoms with Crippen LogP contribution in [-0.4, -0.2) is 44.0 Å². The van der Waals surface area contributed by atoms with E-state index in [0.717, 1.165) is 6.54 Å². The normalized spacial score (nSPS) is 15.5. The van der Waals surface area contributed by atoms with Gasteiger partial charge in [-0.1, -0.05) is 6.92 Å². The highest BCUT2D eigenvalue weighted by molar-refractivity contribution is 5.78. The van der Waals surface area contributed by atoms with Crippen molar-refractivity contribution >= 4 is 5.91 Å². The maximum absolute atomic E-state index is 11.2. The number of amides is 1. The van der Waals surface area contributed by atoms with E-state index in [1.165, 1.54) is 0 Å². The van der Waals surface area contributed by atoms with Gasteiger partial charge in [-0.3, -0.25) is 4.79 Å². The molecule has 0 heterocycles. The van der Waals surface area contributed by atoms with E-state index in [1.807, 2.05) is 14.0 Å². The SMILES string of the molecule is CNC(=O)C(C)CN(C)C(C)CN. The molecule has 0 bridgehead atoms. The minimum Gasteiger partial charge on any atom is -0.359 e. The Bertz CT molecular complexity index is 161. The van der Waals surface area contributed by atoms with Gasteiger partial charge in [-0.15, -0.1) is 0 Å². The maximum atomic E-state index is 11.2. The molecule has 0 aromatic heterocycles. The number of nitrogens with one attached hydrogen (secondary N) is 1. The maximum Gasteiger partial charge on any atom is 0.223 e. The van der Waals surface area contributed by atoms with Crippen LogP contribution in [0.15, 0.2) is 0 Å². The summed E-state index contributed by atoms with van der Waals surface area (Å²) < 4.78 is 0. The fourth-order valence-corrected chi connectivity index (χ4v) is 1.12. The molecule has 0 aromatic rings. The second kappa shape index (κ2) is 5.94. The molecule has 0 aromatic carbocycles. The minimum atomic E-state index is 0.0176. The van der Waals surface area contributed by atoms with Crippen LogP contribution < -0.4 is 11.1 Å². The molecular weight excluding hydrogens is 166 g/mol. The molecular formula is C9H21N3O. The highest BCUT2D eigenvalue weighted by Gasteiger charge is 2.15. The Labute approximate surface area is 80.5 Å². The first-order valence-corrected chi connectivity index (χ1v) is 4.64. The van der Waals surface area contributed by atoms with E-state index in [4.69, 9.17) is 5.73 Å². The van der Waals surface area contributed by atoms with Gasteiger partial charge in [-0.05, 0) is 14.0 Å². The largest absolute Gasteiger partial charge is 0.359 e. The number of rotatable bonds is 5. The number of nitrogens with zero attached hydrogens (tertiary/aromatic N) is 1. The number of hydrogen-bond donors (Lipinski definition) is 2. The van der Waals surface area contributed by atoms with Crippen LogP contribution in [0.2, 0.25) is 0 Å². The van der Waals surface area contributed by atoms with Crippen LogP contribution in [0.3, 0.4) is 0 Å². The molecule has 0 aliphatic rings. The zero-order chi connectivity index (χ0) is 10.4. The Hall–Kier alpha value is -0.610. The van der Waals surface area contributed by atoms with Crippen LogP contribution in [0.1, 0.15) is 13.8 Å². The lowest BCUT2D eigenvalue weighted by atomic mass is 10.1. The van der Waals surface area contributed by atoms with Crippen LogP contribution in [0.5, 0.6) is 0 Å². The summed E-state index contributed by atoms with van der Waals surface area (Å²) in [5, 5.41) is 2.63. The van der Waals surface area contributed by atoms with E-state index in [-0.39, 0.29) is 11.8 Å². The standard InChI is InChI=1S/C9H21N3O/c1-7(9(13)11-3)6-12(4)8(2)5-10/h7-8H,5-6,10H2,1-4H3,(H,11,13). The summed E-state index contributed by atoms with van der Waals surface area (Å²) in [5.41, 5.74) is 5.52. The average Bonchev–Trinajstić information content (AvgIpc) is 2.14. The fraction of sp³-hybridized carbons (Fsp3) is 0.889. The Morgan fingerprint density at radius 2 is 2.08 bits per heavy atom. The Morgan fingerprint density at radius 3 is 2.46 bits per heavy atom. The summed E-state index contributed by atoms with van der Waals surface area (Å²) in [7, 11) is 3.64. The van der Waals surface area contributed by atoms with Crippen LogP contribution in [-0.2, 0) is 4.79 Å². The van der Waals surface area contributed by atoms with Gasteiger partial charge in [0.15, 0.2) is 0 Å². The lowest BCUT2D eigenvalue weighted by Gasteiger charge is -2.25. The highest BCUT2D eigenvalue weighted by Crippen LogP contribution is 2.01. The van der Waals surface area contributed by atoms with Gasteiger partial charge in [-0.2, -0.15) is 0 Å². The van der Waals surface area contributed by atoms with Gasteiger partial charge in [0, 0.05) is 32.1 Å². The van der Waals surface area contributed by atoms with Crippen molar-refractivity contribution in [3.05, 3.63) is 0 Å². The first-order valence-electron chi connectivity index (χ1n) is 4.64. The van der Waals surface area contributed by atoms with Crippen molar-refractivity contribution in [3.63, 3.8) is 0 Å². The predicted molar refractivity (Wildman–Crippen MR) is 54.4 cm³/mol. The van der Waals surface area contributed by atoms with Crippen LogP contribution in [0, 0.1) is 5.92 Å². The molecule has 0 rings (SSSR count). The van der Waals surface area contributed by atoms with Crippen molar-refractivity contribution in [1.29, 1.82) is 0 Å². The van der Waals surface area contributed by atoms with Gasteiger partial charge in [0.2, 0.25) is 5.91 Å². The summed E-state index contributed by atoms with van der Waals surface area (Å²) in [6.45, 7) is 5.34. The molecule has 13 heavy (non-hydrogen) atoms. The number of hydrogen-bond acceptors (Lipinski definition) is 3. The third kappa shape index (κ3) is 4.24. The number of likely N-dealkylation sites (N-methyl/N-ethyl adjacent to an activating group) is 1. The molecule has 4 nitrogen and oxygen atoms in total. The van der Waals surface area contributed by atoms with E-state index < -0.39 is 0 Å². The monoisotopic (exact) mass is 187 g/mol. The first-order chi connectivity index (χ1) is 6.02. The third-order valence-electron chi connectivity index (χ3n) is 2.35. The van der Waals surface area contributed by atoms with Crippen molar-refractivity contribution in [3.8, 4) is 0 Å². The summed E-state index contributed by atoms with van der Waals surface area (Å²) in [6, 6.07) is 0.326. The third-order valence-corrected chi connectivity index (χ3v) is 2.35.